The van der Waals surface area contributed by atoms with E-state index in [-0.39, 0.29) is 10.8 Å². The van der Waals surface area contributed by atoms with Crippen LogP contribution in [0.5, 0.6) is 0 Å². The zero-order valence-electron chi connectivity index (χ0n) is 10.2. The Bertz CT molecular complexity index is 579. The van der Waals surface area contributed by atoms with Crippen molar-refractivity contribution in [2.24, 2.45) is 0 Å². The third-order valence-electron chi connectivity index (χ3n) is 2.10. The van der Waals surface area contributed by atoms with Crippen LogP contribution in [0.2, 0.25) is 0 Å². The predicted octanol–water partition coefficient (Wildman–Crippen LogP) is 1.07. The molecule has 2 aromatic rings. The van der Waals surface area contributed by atoms with Crippen LogP contribution in [0.25, 0.3) is 0 Å². The minimum atomic E-state index is -0.181. The number of aromatic nitrogens is 4. The fourth-order valence-corrected chi connectivity index (χ4v) is 2.01. The van der Waals surface area contributed by atoms with Crippen LogP contribution in [0.4, 0.5) is 6.01 Å². The van der Waals surface area contributed by atoms with Gasteiger partial charge in [0, 0.05) is 26.4 Å². The maximum Gasteiger partial charge on any atom is 0.317 e. The molecule has 0 aliphatic carbocycles. The van der Waals surface area contributed by atoms with Crippen LogP contribution in [0, 0.1) is 0 Å². The molecule has 0 bridgehead atoms. The van der Waals surface area contributed by atoms with Gasteiger partial charge in [-0.2, -0.15) is 0 Å². The molecule has 0 spiro atoms. The lowest BCUT2D eigenvalue weighted by atomic mass is 10.5. The van der Waals surface area contributed by atoms with Gasteiger partial charge in [-0.1, -0.05) is 16.9 Å². The number of nitrogens with one attached hydrogen (secondary N) is 1. The lowest BCUT2D eigenvalue weighted by molar-refractivity contribution is 0.497. The van der Waals surface area contributed by atoms with Gasteiger partial charge in [0.1, 0.15) is 0 Å². The molecule has 0 saturated carbocycles. The first kappa shape index (κ1) is 12.6. The molecular formula is C10H13N5O2S. The highest BCUT2D eigenvalue weighted by atomic mass is 32.2. The van der Waals surface area contributed by atoms with Crippen molar-refractivity contribution in [2.75, 3.05) is 19.0 Å². The number of thioether (sulfide) groups is 1. The van der Waals surface area contributed by atoms with Crippen molar-refractivity contribution < 1.29 is 4.42 Å². The zero-order chi connectivity index (χ0) is 13.1. The minimum absolute atomic E-state index is 0.0863. The molecule has 0 aliphatic rings. The molecule has 8 heteroatoms. The monoisotopic (exact) mass is 267 g/mol. The van der Waals surface area contributed by atoms with Crippen LogP contribution in [0.15, 0.2) is 26.6 Å². The van der Waals surface area contributed by atoms with Crippen LogP contribution in [0.3, 0.4) is 0 Å². The van der Waals surface area contributed by atoms with E-state index in [9.17, 15) is 4.79 Å². The summed E-state index contributed by atoms with van der Waals surface area (Å²) in [7, 11) is 3.65. The quantitative estimate of drug-likeness (QED) is 0.654. The molecule has 2 rings (SSSR count). The highest BCUT2D eigenvalue weighted by molar-refractivity contribution is 7.99. The topological polar surface area (TPSA) is 87.9 Å². The molecule has 1 unspecified atom stereocenters. The number of rotatable bonds is 4. The molecule has 0 saturated heterocycles. The van der Waals surface area contributed by atoms with Crippen LogP contribution in [-0.2, 0) is 0 Å². The molecule has 2 heterocycles. The Hall–Kier alpha value is -1.83. The Morgan fingerprint density at radius 2 is 2.22 bits per heavy atom. The van der Waals surface area contributed by atoms with Crippen molar-refractivity contribution in [3.63, 3.8) is 0 Å². The SMILES string of the molecule is CC(Sc1nccc(=O)[nH]1)c1nnc(N(C)C)o1. The van der Waals surface area contributed by atoms with Crippen molar-refractivity contribution in [1.29, 1.82) is 0 Å². The number of H-pyrrole nitrogens is 1. The van der Waals surface area contributed by atoms with Gasteiger partial charge in [-0.05, 0) is 6.92 Å². The lowest BCUT2D eigenvalue weighted by Crippen LogP contribution is -2.08. The Morgan fingerprint density at radius 3 is 2.83 bits per heavy atom. The van der Waals surface area contributed by atoms with Gasteiger partial charge in [-0.25, -0.2) is 4.98 Å². The summed E-state index contributed by atoms with van der Waals surface area (Å²) in [5, 5.41) is 8.30. The molecule has 2 aromatic heterocycles. The van der Waals surface area contributed by atoms with E-state index >= 15 is 0 Å². The number of aromatic amines is 1. The first-order valence-corrected chi connectivity index (χ1v) is 6.17. The standard InChI is InChI=1S/C10H13N5O2S/c1-6(8-13-14-10(17-8)15(2)3)18-9-11-5-4-7(16)12-9/h4-6H,1-3H3,(H,11,12,16). The maximum atomic E-state index is 11.1. The third kappa shape index (κ3) is 2.89. The van der Waals surface area contributed by atoms with Gasteiger partial charge in [-0.15, -0.1) is 5.10 Å². The van der Waals surface area contributed by atoms with Crippen LogP contribution >= 0.6 is 11.8 Å². The van der Waals surface area contributed by atoms with E-state index in [1.165, 1.54) is 24.0 Å². The molecule has 1 N–H and O–H groups in total. The average molecular weight is 267 g/mol. The second-order valence-electron chi connectivity index (χ2n) is 3.82. The van der Waals surface area contributed by atoms with Crippen molar-refractivity contribution in [2.45, 2.75) is 17.3 Å². The van der Waals surface area contributed by atoms with Gasteiger partial charge in [-0.3, -0.25) is 4.79 Å². The number of nitrogens with zero attached hydrogens (tertiary/aromatic N) is 4. The first-order chi connectivity index (χ1) is 8.56. The summed E-state index contributed by atoms with van der Waals surface area (Å²) < 4.78 is 5.47. The van der Waals surface area contributed by atoms with Gasteiger partial charge in [0.2, 0.25) is 5.89 Å². The molecule has 18 heavy (non-hydrogen) atoms. The van der Waals surface area contributed by atoms with E-state index in [1.54, 1.807) is 4.90 Å². The average Bonchev–Trinajstić information content (AvgIpc) is 2.78. The normalized spacial score (nSPS) is 12.4. The fourth-order valence-electron chi connectivity index (χ4n) is 1.20. The van der Waals surface area contributed by atoms with Crippen molar-refractivity contribution in [3.05, 3.63) is 28.5 Å². The van der Waals surface area contributed by atoms with Crippen LogP contribution < -0.4 is 10.5 Å². The summed E-state index contributed by atoms with van der Waals surface area (Å²) in [4.78, 5) is 19.6. The fraction of sp³-hybridized carbons (Fsp3) is 0.400. The molecule has 1 atom stereocenters. The van der Waals surface area contributed by atoms with E-state index in [1.807, 2.05) is 21.0 Å². The smallest absolute Gasteiger partial charge is 0.317 e. The summed E-state index contributed by atoms with van der Waals surface area (Å²) in [6.45, 7) is 1.91. The number of hydrogen-bond acceptors (Lipinski definition) is 7. The van der Waals surface area contributed by atoms with Gasteiger partial charge < -0.3 is 14.3 Å². The van der Waals surface area contributed by atoms with Gasteiger partial charge in [0.15, 0.2) is 5.16 Å². The van der Waals surface area contributed by atoms with Crippen LogP contribution in [0.1, 0.15) is 18.1 Å². The largest absolute Gasteiger partial charge is 0.407 e. The summed E-state index contributed by atoms with van der Waals surface area (Å²) in [5.41, 5.74) is -0.181. The van der Waals surface area contributed by atoms with Crippen LogP contribution in [-0.4, -0.2) is 34.3 Å². The summed E-state index contributed by atoms with van der Waals surface area (Å²) in [6, 6.07) is 1.82. The van der Waals surface area contributed by atoms with Crippen molar-refractivity contribution in [3.8, 4) is 0 Å². The molecule has 0 amide bonds. The van der Waals surface area contributed by atoms with Crippen molar-refractivity contribution >= 4 is 17.8 Å². The van der Waals surface area contributed by atoms with Gasteiger partial charge in [0.05, 0.1) is 5.25 Å². The zero-order valence-corrected chi connectivity index (χ0v) is 11.1. The second-order valence-corrected chi connectivity index (χ2v) is 5.15. The Balaban J connectivity index is 2.11. The first-order valence-electron chi connectivity index (χ1n) is 5.29. The molecule has 0 aromatic carbocycles. The Kier molecular flexibility index (Phi) is 3.66. The van der Waals surface area contributed by atoms with E-state index in [2.05, 4.69) is 20.2 Å². The number of hydrogen-bond donors (Lipinski definition) is 1. The van der Waals surface area contributed by atoms with Gasteiger partial charge >= 0.3 is 6.01 Å². The Labute approximate surface area is 108 Å². The Morgan fingerprint density at radius 1 is 1.44 bits per heavy atom. The molecule has 7 nitrogen and oxygen atoms in total. The lowest BCUT2D eigenvalue weighted by Gasteiger charge is -2.06. The summed E-state index contributed by atoms with van der Waals surface area (Å²) >= 11 is 1.35. The molecule has 96 valence electrons. The van der Waals surface area contributed by atoms with E-state index in [0.717, 1.165) is 0 Å². The molecule has 0 radical (unpaired) electrons. The van der Waals surface area contributed by atoms with Gasteiger partial charge in [0.25, 0.3) is 5.56 Å². The summed E-state index contributed by atoms with van der Waals surface area (Å²) in [6.07, 6.45) is 1.47. The molecule has 0 aliphatic heterocycles. The maximum absolute atomic E-state index is 11.1. The van der Waals surface area contributed by atoms with E-state index in [0.29, 0.717) is 17.1 Å². The van der Waals surface area contributed by atoms with E-state index in [4.69, 9.17) is 4.42 Å². The third-order valence-corrected chi connectivity index (χ3v) is 3.08. The number of anilines is 1. The minimum Gasteiger partial charge on any atom is -0.407 e. The highest BCUT2D eigenvalue weighted by Gasteiger charge is 2.17. The van der Waals surface area contributed by atoms with E-state index < -0.39 is 0 Å². The van der Waals surface area contributed by atoms with Crippen molar-refractivity contribution in [1.82, 2.24) is 20.2 Å². The molecule has 0 fully saturated rings. The second kappa shape index (κ2) is 5.21. The summed E-state index contributed by atoms with van der Waals surface area (Å²) in [5.74, 6) is 0.496. The predicted molar refractivity (Wildman–Crippen MR) is 67.8 cm³/mol. The highest BCUT2D eigenvalue weighted by Crippen LogP contribution is 2.31. The molecular weight excluding hydrogens is 254 g/mol.